The van der Waals surface area contributed by atoms with E-state index in [4.69, 9.17) is 16.3 Å². The zero-order chi connectivity index (χ0) is 28.4. The van der Waals surface area contributed by atoms with Crippen LogP contribution in [0.2, 0.25) is 0 Å². The van der Waals surface area contributed by atoms with Crippen LogP contribution in [0.4, 0.5) is 9.18 Å². The topological polar surface area (TPSA) is 110 Å². The predicted molar refractivity (Wildman–Crippen MR) is 143 cm³/mol. The summed E-state index contributed by atoms with van der Waals surface area (Å²) in [4.78, 5) is 47.4. The zero-order valence-corrected chi connectivity index (χ0v) is 23.6. The lowest BCUT2D eigenvalue weighted by molar-refractivity contribution is -0.150. The van der Waals surface area contributed by atoms with Crippen LogP contribution in [-0.2, 0) is 14.3 Å². The number of amides is 3. The number of nitrogens with one attached hydrogen (secondary N) is 1. The Labute approximate surface area is 232 Å². The molecule has 39 heavy (non-hydrogen) atoms. The Bertz CT molecular complexity index is 1190. The minimum atomic E-state index is -1.15. The standard InChI is InChI=1S/C27H36ClFN6O4/c1-18(20-7-8-22(30-14-20)35-17-21(29)15-31-35)32-24(37)27(34(23(36)13-28)16-19-5-6-19)9-11-33(12-10-27)25(38)39-26(2,3)4/h7-8,14-15,17-19H,5-6,9-13,16H2,1-4H3,(H,32,37). The highest BCUT2D eigenvalue weighted by atomic mass is 35.5. The molecule has 4 rings (SSSR count). The van der Waals surface area contributed by atoms with Crippen LogP contribution in [0.15, 0.2) is 30.7 Å². The van der Waals surface area contributed by atoms with Crippen molar-refractivity contribution in [2.45, 2.75) is 70.6 Å². The van der Waals surface area contributed by atoms with Crippen molar-refractivity contribution in [3.05, 3.63) is 42.1 Å². The second-order valence-electron chi connectivity index (χ2n) is 11.3. The monoisotopic (exact) mass is 562 g/mol. The summed E-state index contributed by atoms with van der Waals surface area (Å²) in [6, 6.07) is 3.05. The SMILES string of the molecule is CC(NC(=O)C1(N(CC2CC2)C(=O)CCl)CCN(C(=O)OC(C)(C)C)CC1)c1ccc(-n2cc(F)cn2)nc1. The zero-order valence-electron chi connectivity index (χ0n) is 22.8. The first-order chi connectivity index (χ1) is 18.4. The number of nitrogens with zero attached hydrogens (tertiary/aromatic N) is 5. The van der Waals surface area contributed by atoms with Gasteiger partial charge < -0.3 is 19.9 Å². The molecule has 212 valence electrons. The quantitative estimate of drug-likeness (QED) is 0.490. The summed E-state index contributed by atoms with van der Waals surface area (Å²) in [6.45, 7) is 8.24. The second-order valence-corrected chi connectivity index (χ2v) is 11.6. The van der Waals surface area contributed by atoms with Gasteiger partial charge in [0.25, 0.3) is 0 Å². The Morgan fingerprint density at radius 3 is 2.44 bits per heavy atom. The summed E-state index contributed by atoms with van der Waals surface area (Å²) >= 11 is 6.01. The van der Waals surface area contributed by atoms with Crippen molar-refractivity contribution in [1.29, 1.82) is 0 Å². The summed E-state index contributed by atoms with van der Waals surface area (Å²) in [5, 5.41) is 6.99. The predicted octanol–water partition coefficient (Wildman–Crippen LogP) is 3.83. The molecule has 2 aromatic rings. The van der Waals surface area contributed by atoms with Gasteiger partial charge in [-0.1, -0.05) is 6.07 Å². The molecule has 0 spiro atoms. The van der Waals surface area contributed by atoms with Gasteiger partial charge in [-0.05, 0) is 70.9 Å². The summed E-state index contributed by atoms with van der Waals surface area (Å²) in [5.74, 6) is -0.507. The molecule has 1 aliphatic carbocycles. The van der Waals surface area contributed by atoms with Gasteiger partial charge in [0.05, 0.1) is 18.4 Å². The largest absolute Gasteiger partial charge is 0.444 e. The third kappa shape index (κ3) is 6.87. The molecule has 2 aliphatic rings. The van der Waals surface area contributed by atoms with E-state index >= 15 is 0 Å². The maximum Gasteiger partial charge on any atom is 0.410 e. The number of aromatic nitrogens is 3. The highest BCUT2D eigenvalue weighted by Crippen LogP contribution is 2.37. The molecule has 0 bridgehead atoms. The lowest BCUT2D eigenvalue weighted by Crippen LogP contribution is -2.66. The fourth-order valence-electron chi connectivity index (χ4n) is 4.78. The van der Waals surface area contributed by atoms with Crippen molar-refractivity contribution < 1.29 is 23.5 Å². The number of rotatable bonds is 8. The summed E-state index contributed by atoms with van der Waals surface area (Å²) in [6.07, 6.45) is 6.02. The van der Waals surface area contributed by atoms with Gasteiger partial charge in [-0.25, -0.2) is 18.9 Å². The smallest absolute Gasteiger partial charge is 0.410 e. The van der Waals surface area contributed by atoms with E-state index < -0.39 is 29.1 Å². The second kappa shape index (κ2) is 11.5. The van der Waals surface area contributed by atoms with Crippen LogP contribution in [0.5, 0.6) is 0 Å². The van der Waals surface area contributed by atoms with Crippen LogP contribution in [0.25, 0.3) is 5.82 Å². The van der Waals surface area contributed by atoms with Gasteiger partial charge >= 0.3 is 6.09 Å². The van der Waals surface area contributed by atoms with Crippen LogP contribution in [0, 0.1) is 11.7 Å². The average Bonchev–Trinajstić information content (AvgIpc) is 3.62. The van der Waals surface area contributed by atoms with Gasteiger partial charge in [0.2, 0.25) is 11.8 Å². The highest BCUT2D eigenvalue weighted by Gasteiger charge is 2.50. The van der Waals surface area contributed by atoms with Crippen molar-refractivity contribution >= 4 is 29.5 Å². The van der Waals surface area contributed by atoms with Crippen LogP contribution in [0.3, 0.4) is 0 Å². The van der Waals surface area contributed by atoms with Gasteiger partial charge in [-0.2, -0.15) is 5.10 Å². The maximum atomic E-state index is 14.0. The van der Waals surface area contributed by atoms with E-state index in [1.54, 1.807) is 48.9 Å². The molecule has 1 saturated carbocycles. The molecular weight excluding hydrogens is 527 g/mol. The van der Waals surface area contributed by atoms with E-state index in [0.29, 0.717) is 18.3 Å². The van der Waals surface area contributed by atoms with E-state index in [2.05, 4.69) is 15.4 Å². The van der Waals surface area contributed by atoms with Crippen molar-refractivity contribution in [3.8, 4) is 5.82 Å². The summed E-state index contributed by atoms with van der Waals surface area (Å²) in [5.41, 5.74) is -1.06. The molecule has 2 aromatic heterocycles. The normalized spacial score (nSPS) is 17.8. The molecule has 1 aliphatic heterocycles. The summed E-state index contributed by atoms with van der Waals surface area (Å²) < 4.78 is 20.2. The Morgan fingerprint density at radius 2 is 1.92 bits per heavy atom. The van der Waals surface area contributed by atoms with Crippen molar-refractivity contribution in [1.82, 2.24) is 29.9 Å². The third-order valence-corrected chi connectivity index (χ3v) is 7.37. The minimum absolute atomic E-state index is 0.230. The first-order valence-corrected chi connectivity index (χ1v) is 13.8. The molecule has 3 heterocycles. The van der Waals surface area contributed by atoms with Crippen LogP contribution < -0.4 is 5.32 Å². The number of carbonyl (C=O) groups is 3. The van der Waals surface area contributed by atoms with Gasteiger partial charge in [0.1, 0.15) is 17.0 Å². The third-order valence-electron chi connectivity index (χ3n) is 7.14. The number of ether oxygens (including phenoxy) is 1. The molecule has 2 fully saturated rings. The number of halogens is 2. The number of hydrogen-bond donors (Lipinski definition) is 1. The van der Waals surface area contributed by atoms with Crippen molar-refractivity contribution in [2.24, 2.45) is 5.92 Å². The first kappa shape index (κ1) is 28.8. The number of hydrogen-bond acceptors (Lipinski definition) is 6. The number of carbonyl (C=O) groups excluding carboxylic acids is 3. The van der Waals surface area contributed by atoms with E-state index in [0.717, 1.165) is 24.6 Å². The molecule has 1 N–H and O–H groups in total. The Kier molecular flexibility index (Phi) is 8.48. The molecular formula is C27H36ClFN6O4. The van der Waals surface area contributed by atoms with Gasteiger partial charge in [-0.15, -0.1) is 11.6 Å². The highest BCUT2D eigenvalue weighted by molar-refractivity contribution is 6.27. The average molecular weight is 563 g/mol. The lowest BCUT2D eigenvalue weighted by atomic mass is 9.83. The van der Waals surface area contributed by atoms with Crippen LogP contribution in [0.1, 0.15) is 65.0 Å². The number of pyridine rings is 1. The number of piperidine rings is 1. The fourth-order valence-corrected chi connectivity index (χ4v) is 4.93. The Morgan fingerprint density at radius 1 is 1.23 bits per heavy atom. The van der Waals surface area contributed by atoms with E-state index in [9.17, 15) is 18.8 Å². The molecule has 0 aromatic carbocycles. The van der Waals surface area contributed by atoms with Gasteiger partial charge in [-0.3, -0.25) is 9.59 Å². The van der Waals surface area contributed by atoms with E-state index in [1.807, 2.05) is 6.92 Å². The van der Waals surface area contributed by atoms with Crippen molar-refractivity contribution in [3.63, 3.8) is 0 Å². The van der Waals surface area contributed by atoms with Crippen LogP contribution >= 0.6 is 11.6 Å². The van der Waals surface area contributed by atoms with Gasteiger partial charge in [0.15, 0.2) is 11.6 Å². The fraction of sp³-hybridized carbons (Fsp3) is 0.593. The molecule has 0 radical (unpaired) electrons. The minimum Gasteiger partial charge on any atom is -0.444 e. The molecule has 1 atom stereocenters. The van der Waals surface area contributed by atoms with Gasteiger partial charge in [0, 0.05) is 25.8 Å². The van der Waals surface area contributed by atoms with Crippen LogP contribution in [-0.4, -0.2) is 79.1 Å². The Hall–Kier alpha value is -3.21. The molecule has 1 unspecified atom stereocenters. The molecule has 3 amide bonds. The molecule has 1 saturated heterocycles. The number of alkyl halides is 1. The summed E-state index contributed by atoms with van der Waals surface area (Å²) in [7, 11) is 0. The van der Waals surface area contributed by atoms with E-state index in [1.165, 1.54) is 10.9 Å². The van der Waals surface area contributed by atoms with E-state index in [-0.39, 0.29) is 43.6 Å². The Balaban J connectivity index is 1.53. The number of likely N-dealkylation sites (tertiary alicyclic amines) is 1. The lowest BCUT2D eigenvalue weighted by Gasteiger charge is -2.47. The van der Waals surface area contributed by atoms with Crippen molar-refractivity contribution in [2.75, 3.05) is 25.5 Å². The maximum absolute atomic E-state index is 14.0. The first-order valence-electron chi connectivity index (χ1n) is 13.2. The molecule has 10 nitrogen and oxygen atoms in total. The molecule has 12 heteroatoms.